The van der Waals surface area contributed by atoms with Crippen LogP contribution in [0.15, 0.2) is 0 Å². The number of carboxylic acid groups (broad SMARTS) is 3. The molecule has 0 aliphatic rings. The molecule has 0 aromatic heterocycles. The maximum atomic E-state index is 14.0. The van der Waals surface area contributed by atoms with Gasteiger partial charge in [-0.25, -0.2) is 4.79 Å². The Bertz CT molecular complexity index is 2370. The van der Waals surface area contributed by atoms with Crippen molar-refractivity contribution in [1.29, 1.82) is 0 Å². The Morgan fingerprint density at radius 1 is 0.407 bits per heavy atom. The Labute approximate surface area is 498 Å². The normalized spacial score (nSPS) is 15.0. The number of carbonyl (C=O) groups excluding carboxylic acids is 12. The van der Waals surface area contributed by atoms with E-state index in [-0.39, 0.29) is 44.2 Å². The minimum Gasteiger partial charge on any atom is -0.481 e. The lowest BCUT2D eigenvalue weighted by atomic mass is 10.00. The maximum absolute atomic E-state index is 14.0. The van der Waals surface area contributed by atoms with Gasteiger partial charge in [-0.05, 0) is 89.0 Å². The van der Waals surface area contributed by atoms with E-state index < -0.39 is 206 Å². The van der Waals surface area contributed by atoms with Crippen LogP contribution in [-0.2, 0) is 71.9 Å². The second kappa shape index (κ2) is 39.5. The first-order chi connectivity index (χ1) is 39.9. The van der Waals surface area contributed by atoms with Gasteiger partial charge in [0.25, 0.3) is 0 Å². The molecule has 33 heteroatoms. The van der Waals surface area contributed by atoms with Gasteiger partial charge in [-0.1, -0.05) is 55.4 Å². The molecule has 11 atom stereocenters. The summed E-state index contributed by atoms with van der Waals surface area (Å²) in [4.78, 5) is 195. The van der Waals surface area contributed by atoms with Crippen molar-refractivity contribution in [1.82, 2.24) is 58.5 Å². The fourth-order valence-corrected chi connectivity index (χ4v) is 8.13. The van der Waals surface area contributed by atoms with Gasteiger partial charge in [0.2, 0.25) is 70.9 Å². The topological polar surface area (TPSA) is 547 Å². The van der Waals surface area contributed by atoms with E-state index in [0.717, 1.165) is 6.92 Å². The van der Waals surface area contributed by atoms with Gasteiger partial charge in [-0.3, -0.25) is 67.1 Å². The minimum absolute atomic E-state index is 0.0151. The fourth-order valence-electron chi connectivity index (χ4n) is 8.13. The summed E-state index contributed by atoms with van der Waals surface area (Å²) in [5.41, 5.74) is 16.3. The number of hydrogen-bond acceptors (Lipinski definition) is 18. The van der Waals surface area contributed by atoms with Crippen LogP contribution in [0.1, 0.15) is 133 Å². The van der Waals surface area contributed by atoms with Gasteiger partial charge < -0.3 is 96.1 Å². The number of carbonyl (C=O) groups is 15. The van der Waals surface area contributed by atoms with Crippen LogP contribution < -0.4 is 75.7 Å². The number of aliphatic hydroxyl groups is 1. The Hall–Kier alpha value is -8.07. The van der Waals surface area contributed by atoms with Crippen LogP contribution in [0.2, 0.25) is 0 Å². The van der Waals surface area contributed by atoms with Gasteiger partial charge >= 0.3 is 17.9 Å². The minimum atomic E-state index is -1.94. The van der Waals surface area contributed by atoms with E-state index in [2.05, 4.69) is 58.5 Å². The summed E-state index contributed by atoms with van der Waals surface area (Å²) >= 11 is 0. The van der Waals surface area contributed by atoms with E-state index in [4.69, 9.17) is 17.2 Å². The van der Waals surface area contributed by atoms with E-state index in [1.807, 2.05) is 0 Å². The number of amides is 12. The Kier molecular flexibility index (Phi) is 35.8. The van der Waals surface area contributed by atoms with Gasteiger partial charge in [0, 0.05) is 12.8 Å². The van der Waals surface area contributed by atoms with E-state index in [9.17, 15) is 92.3 Å². The highest BCUT2D eigenvalue weighted by Gasteiger charge is 2.38. The van der Waals surface area contributed by atoms with Crippen LogP contribution in [-0.4, -0.2) is 195 Å². The number of primary amides is 1. The van der Waals surface area contributed by atoms with Gasteiger partial charge in [-0.2, -0.15) is 0 Å². The molecule has 86 heavy (non-hydrogen) atoms. The first-order valence-electron chi connectivity index (χ1n) is 28.3. The molecule has 0 spiro atoms. The summed E-state index contributed by atoms with van der Waals surface area (Å²) in [5.74, 6) is -18.2. The van der Waals surface area contributed by atoms with E-state index in [1.54, 1.807) is 27.7 Å². The fraction of sp³-hybridized carbons (Fsp3) is 0.717. The van der Waals surface area contributed by atoms with Crippen LogP contribution in [0, 0.1) is 23.7 Å². The van der Waals surface area contributed by atoms with Crippen molar-refractivity contribution >= 4 is 88.8 Å². The number of nitrogens with two attached hydrogens (primary N) is 3. The summed E-state index contributed by atoms with van der Waals surface area (Å²) in [5, 5.41) is 65.3. The average molecular weight is 1230 g/mol. The first-order valence-corrected chi connectivity index (χ1v) is 28.3. The number of aliphatic hydroxyl groups excluding tert-OH is 1. The van der Waals surface area contributed by atoms with Crippen molar-refractivity contribution in [3.63, 3.8) is 0 Å². The van der Waals surface area contributed by atoms with Crippen molar-refractivity contribution in [2.45, 2.75) is 200 Å². The third-order valence-electron chi connectivity index (χ3n) is 12.8. The molecule has 0 bridgehead atoms. The molecule has 21 N–H and O–H groups in total. The monoisotopic (exact) mass is 1230 g/mol. The maximum Gasteiger partial charge on any atom is 0.326 e. The zero-order valence-corrected chi connectivity index (χ0v) is 50.5. The zero-order valence-electron chi connectivity index (χ0n) is 50.5. The van der Waals surface area contributed by atoms with Crippen LogP contribution in [0.5, 0.6) is 0 Å². The molecule has 0 aliphatic heterocycles. The number of aliphatic carboxylic acids is 3. The van der Waals surface area contributed by atoms with Crippen LogP contribution in [0.25, 0.3) is 0 Å². The van der Waals surface area contributed by atoms with Crippen molar-refractivity contribution in [2.24, 2.45) is 40.9 Å². The number of hydrogen-bond donors (Lipinski definition) is 18. The lowest BCUT2D eigenvalue weighted by Crippen LogP contribution is -2.63. The predicted molar refractivity (Wildman–Crippen MR) is 305 cm³/mol. The zero-order chi connectivity index (χ0) is 66.3. The highest BCUT2D eigenvalue weighted by Crippen LogP contribution is 2.13. The smallest absolute Gasteiger partial charge is 0.326 e. The van der Waals surface area contributed by atoms with Crippen LogP contribution >= 0.6 is 0 Å². The molecule has 0 fully saturated rings. The Balaban J connectivity index is 6.51. The SMILES string of the molecule is CC(C)C[C@H](NC(=O)CN)C(=O)N[C@@H](C)C(=O)NCC(=O)N[C@H](C(=O)N[C@@H](CCC(=O)O)C(=O)N[C@@H](CC(N)=O)C(=O)N[C@H](C(=O)N[C@H](C(=O)N[C@@H](CCC(=O)O)C(=O)N[C@@H](CC(C)C)C(=O)N[C@@H](CCCCN)C(=O)O)[C@@H](C)O)C(C)C)C(C)C. The molecule has 0 rings (SSSR count). The van der Waals surface area contributed by atoms with Gasteiger partial charge in [-0.15, -0.1) is 0 Å². The predicted octanol–water partition coefficient (Wildman–Crippen LogP) is -5.47. The first kappa shape index (κ1) is 77.9. The third-order valence-corrected chi connectivity index (χ3v) is 12.8. The molecular formula is C53H92N14O19. The van der Waals surface area contributed by atoms with Crippen molar-refractivity contribution < 1.29 is 92.3 Å². The lowest BCUT2D eigenvalue weighted by Gasteiger charge is -2.30. The van der Waals surface area contributed by atoms with Crippen LogP contribution in [0.4, 0.5) is 0 Å². The number of nitrogens with one attached hydrogen (secondary N) is 11. The summed E-state index contributed by atoms with van der Waals surface area (Å²) in [7, 11) is 0. The van der Waals surface area contributed by atoms with Gasteiger partial charge in [0.1, 0.15) is 60.4 Å². The summed E-state index contributed by atoms with van der Waals surface area (Å²) in [6.45, 7) is 14.4. The molecule has 0 aromatic rings. The summed E-state index contributed by atoms with van der Waals surface area (Å²) in [6, 6.07) is -15.5. The molecule has 0 unspecified atom stereocenters. The summed E-state index contributed by atoms with van der Waals surface area (Å²) in [6.07, 6.45) is -4.36. The van der Waals surface area contributed by atoms with Crippen molar-refractivity contribution in [3.05, 3.63) is 0 Å². The van der Waals surface area contributed by atoms with Gasteiger partial charge in [0.15, 0.2) is 0 Å². The van der Waals surface area contributed by atoms with E-state index in [0.29, 0.717) is 12.8 Å². The molecule has 0 aromatic carbocycles. The average Bonchev–Trinajstić information content (AvgIpc) is 2.79. The highest BCUT2D eigenvalue weighted by atomic mass is 16.4. The Morgan fingerprint density at radius 3 is 1.23 bits per heavy atom. The quantitative estimate of drug-likeness (QED) is 0.0254. The molecule has 488 valence electrons. The number of rotatable bonds is 42. The van der Waals surface area contributed by atoms with Gasteiger partial charge in [0.05, 0.1) is 25.6 Å². The largest absolute Gasteiger partial charge is 0.481 e. The number of carboxylic acids is 3. The van der Waals surface area contributed by atoms with Crippen molar-refractivity contribution in [3.8, 4) is 0 Å². The molecule has 0 heterocycles. The molecular weight excluding hydrogens is 1140 g/mol. The molecule has 0 aliphatic carbocycles. The van der Waals surface area contributed by atoms with Crippen molar-refractivity contribution in [2.75, 3.05) is 19.6 Å². The molecule has 12 amide bonds. The van der Waals surface area contributed by atoms with E-state index in [1.165, 1.54) is 34.6 Å². The summed E-state index contributed by atoms with van der Waals surface area (Å²) < 4.78 is 0. The van der Waals surface area contributed by atoms with Crippen LogP contribution in [0.3, 0.4) is 0 Å². The molecule has 0 saturated carbocycles. The second-order valence-corrected chi connectivity index (χ2v) is 22.2. The standard InChI is InChI=1S/C53H92N14O19/c1-24(2)19-33(59-37(70)22-55)47(79)58-28(9)44(76)57-23-38(71)65-41(26(5)6)50(82)60-30(14-16-39(72)73)46(78)64-35(21-36(56)69)49(81)66-42(27(7)8)51(83)67-43(29(10)68)52(84)61-31(15-17-40(74)75)45(77)63-34(20-25(3)4)48(80)62-32(53(85)86)13-11-12-18-54/h24-35,41-43,68H,11-23,54-55H2,1-10H3,(H2,56,69)(H,57,76)(H,58,79)(H,59,70)(H,60,82)(H,61,84)(H,62,80)(H,63,77)(H,64,78)(H,65,71)(H,66,81)(H,67,83)(H,72,73)(H,74,75)(H,85,86)/t28-,29+,30-,31-,32-,33-,34-,35-,41-,42-,43-/m0/s1. The third kappa shape index (κ3) is 30.7. The van der Waals surface area contributed by atoms with E-state index >= 15 is 0 Å². The molecule has 33 nitrogen and oxygen atoms in total. The number of unbranched alkanes of at least 4 members (excludes halogenated alkanes) is 1. The highest BCUT2D eigenvalue weighted by molar-refractivity contribution is 6.00. The second-order valence-electron chi connectivity index (χ2n) is 22.2. The molecule has 0 radical (unpaired) electrons. The molecule has 0 saturated heterocycles. The lowest BCUT2D eigenvalue weighted by molar-refractivity contribution is -0.142. The Morgan fingerprint density at radius 2 is 0.802 bits per heavy atom.